The van der Waals surface area contributed by atoms with E-state index in [-0.39, 0.29) is 0 Å². The van der Waals surface area contributed by atoms with Crippen LogP contribution >= 0.6 is 11.8 Å². The number of nitrogens with zero attached hydrogens (tertiary/aromatic N) is 1. The lowest BCUT2D eigenvalue weighted by molar-refractivity contribution is 0.202. The van der Waals surface area contributed by atoms with Crippen LogP contribution in [0.15, 0.2) is 34.2 Å². The van der Waals surface area contributed by atoms with Gasteiger partial charge < -0.3 is 0 Å². The van der Waals surface area contributed by atoms with Crippen LogP contribution in [-0.4, -0.2) is 11.8 Å². The van der Waals surface area contributed by atoms with Crippen LogP contribution in [-0.2, 0) is 10.6 Å². The van der Waals surface area contributed by atoms with Crippen molar-refractivity contribution in [2.24, 2.45) is 4.99 Å². The fraction of sp³-hybridized carbons (Fsp3) is 0.364. The molecule has 0 saturated carbocycles. The van der Waals surface area contributed by atoms with Crippen molar-refractivity contribution in [1.82, 2.24) is 0 Å². The average molecular weight is 225 g/mol. The Morgan fingerprint density at radius 1 is 1.53 bits per heavy atom. The summed E-state index contributed by atoms with van der Waals surface area (Å²) in [6.07, 6.45) is 1.27. The van der Waals surface area contributed by atoms with Crippen LogP contribution in [0.25, 0.3) is 0 Å². The van der Waals surface area contributed by atoms with Gasteiger partial charge in [-0.3, -0.25) is 0 Å². The van der Waals surface area contributed by atoms with Gasteiger partial charge in [-0.05, 0) is 18.7 Å². The zero-order chi connectivity index (χ0) is 11.3. The predicted octanol–water partition coefficient (Wildman–Crippen LogP) is 3.28. The number of benzene rings is 1. The maximum atomic E-state index is 14.0. The summed E-state index contributed by atoms with van der Waals surface area (Å²) in [6.45, 7) is 3.24. The summed E-state index contributed by atoms with van der Waals surface area (Å²) in [4.78, 5) is 14.1. The standard InChI is InChI=1S/C11H12FNOS/c1-3-15-10-7-5-4-6-9(10)11(2,12)13-8-14/h4-7H,3H2,1-2H3. The molecule has 0 saturated heterocycles. The van der Waals surface area contributed by atoms with Crippen molar-refractivity contribution in [1.29, 1.82) is 0 Å². The minimum Gasteiger partial charge on any atom is -0.212 e. The smallest absolute Gasteiger partial charge is 0.212 e. The number of thioether (sulfide) groups is 1. The van der Waals surface area contributed by atoms with Crippen molar-refractivity contribution in [3.8, 4) is 0 Å². The van der Waals surface area contributed by atoms with Gasteiger partial charge in [-0.2, -0.15) is 4.99 Å². The van der Waals surface area contributed by atoms with Gasteiger partial charge in [0, 0.05) is 10.5 Å². The highest BCUT2D eigenvalue weighted by molar-refractivity contribution is 7.99. The maximum Gasteiger partial charge on any atom is 0.238 e. The first-order chi connectivity index (χ1) is 7.11. The number of aliphatic imine (C=N–C) groups is 1. The van der Waals surface area contributed by atoms with Gasteiger partial charge in [0.25, 0.3) is 0 Å². The van der Waals surface area contributed by atoms with E-state index in [1.165, 1.54) is 24.8 Å². The summed E-state index contributed by atoms with van der Waals surface area (Å²) in [5.74, 6) is -1.14. The predicted molar refractivity (Wildman–Crippen MR) is 59.4 cm³/mol. The number of alkyl halides is 1. The van der Waals surface area contributed by atoms with Gasteiger partial charge in [0.1, 0.15) is 0 Å². The molecule has 1 unspecified atom stereocenters. The molecule has 80 valence electrons. The van der Waals surface area contributed by atoms with Crippen LogP contribution in [0.4, 0.5) is 4.39 Å². The lowest BCUT2D eigenvalue weighted by Gasteiger charge is -2.17. The Bertz CT molecular complexity index is 386. The van der Waals surface area contributed by atoms with Crippen molar-refractivity contribution in [3.05, 3.63) is 29.8 Å². The van der Waals surface area contributed by atoms with E-state index in [1.807, 2.05) is 19.1 Å². The van der Waals surface area contributed by atoms with E-state index in [2.05, 4.69) is 4.99 Å². The van der Waals surface area contributed by atoms with Gasteiger partial charge >= 0.3 is 0 Å². The van der Waals surface area contributed by atoms with E-state index in [0.717, 1.165) is 10.6 Å². The Morgan fingerprint density at radius 3 is 2.80 bits per heavy atom. The summed E-state index contributed by atoms with van der Waals surface area (Å²) in [7, 11) is 0. The van der Waals surface area contributed by atoms with Crippen molar-refractivity contribution in [2.45, 2.75) is 24.5 Å². The van der Waals surface area contributed by atoms with Crippen LogP contribution in [0.2, 0.25) is 0 Å². The van der Waals surface area contributed by atoms with Crippen molar-refractivity contribution >= 4 is 17.8 Å². The van der Waals surface area contributed by atoms with E-state index < -0.39 is 5.79 Å². The zero-order valence-electron chi connectivity index (χ0n) is 8.66. The molecule has 1 aromatic rings. The van der Waals surface area contributed by atoms with Gasteiger partial charge in [-0.15, -0.1) is 11.8 Å². The molecule has 0 aliphatic carbocycles. The van der Waals surface area contributed by atoms with Gasteiger partial charge in [-0.1, -0.05) is 25.1 Å². The van der Waals surface area contributed by atoms with Crippen LogP contribution in [0, 0.1) is 0 Å². The number of halogens is 1. The third-order valence-electron chi connectivity index (χ3n) is 1.93. The molecule has 1 atom stereocenters. The molecule has 15 heavy (non-hydrogen) atoms. The van der Waals surface area contributed by atoms with Crippen molar-refractivity contribution in [2.75, 3.05) is 5.75 Å². The minimum atomic E-state index is -1.99. The first-order valence-corrected chi connectivity index (χ1v) is 5.60. The molecule has 1 rings (SSSR count). The largest absolute Gasteiger partial charge is 0.238 e. The van der Waals surface area contributed by atoms with Gasteiger partial charge in [0.15, 0.2) is 0 Å². The van der Waals surface area contributed by atoms with E-state index in [9.17, 15) is 9.18 Å². The number of hydrogen-bond donors (Lipinski definition) is 0. The molecule has 0 aliphatic rings. The topological polar surface area (TPSA) is 29.4 Å². The molecular weight excluding hydrogens is 213 g/mol. The number of rotatable bonds is 4. The lowest BCUT2D eigenvalue weighted by atomic mass is 10.1. The molecule has 0 amide bonds. The summed E-state index contributed by atoms with van der Waals surface area (Å²) in [5.41, 5.74) is 0.417. The average Bonchev–Trinajstić information content (AvgIpc) is 2.19. The normalized spacial score (nSPS) is 14.1. The molecule has 1 aromatic carbocycles. The van der Waals surface area contributed by atoms with Crippen LogP contribution in [0.1, 0.15) is 19.4 Å². The van der Waals surface area contributed by atoms with Crippen LogP contribution < -0.4 is 0 Å². The molecule has 0 fully saturated rings. The molecule has 0 spiro atoms. The Labute approximate surface area is 92.6 Å². The van der Waals surface area contributed by atoms with Crippen LogP contribution in [0.5, 0.6) is 0 Å². The van der Waals surface area contributed by atoms with Crippen molar-refractivity contribution in [3.63, 3.8) is 0 Å². The summed E-state index contributed by atoms with van der Waals surface area (Å²) < 4.78 is 14.0. The fourth-order valence-corrected chi connectivity index (χ4v) is 2.17. The molecule has 2 nitrogen and oxygen atoms in total. The Kier molecular flexibility index (Phi) is 4.06. The highest BCUT2D eigenvalue weighted by Crippen LogP contribution is 2.34. The quantitative estimate of drug-likeness (QED) is 0.340. The number of carbonyl (C=O) groups excluding carboxylic acids is 1. The Balaban J connectivity index is 3.17. The van der Waals surface area contributed by atoms with E-state index in [1.54, 1.807) is 12.1 Å². The second-order valence-corrected chi connectivity index (χ2v) is 4.39. The van der Waals surface area contributed by atoms with Crippen molar-refractivity contribution < 1.29 is 9.18 Å². The highest BCUT2D eigenvalue weighted by atomic mass is 32.2. The van der Waals surface area contributed by atoms with E-state index in [4.69, 9.17) is 0 Å². The van der Waals surface area contributed by atoms with Gasteiger partial charge in [-0.25, -0.2) is 9.18 Å². The highest BCUT2D eigenvalue weighted by Gasteiger charge is 2.27. The fourth-order valence-electron chi connectivity index (χ4n) is 1.27. The summed E-state index contributed by atoms with van der Waals surface area (Å²) in [6, 6.07) is 7.02. The Hall–Kier alpha value is -1.12. The Morgan fingerprint density at radius 2 is 2.20 bits per heavy atom. The summed E-state index contributed by atoms with van der Waals surface area (Å²) in [5, 5.41) is 0. The second-order valence-electron chi connectivity index (χ2n) is 3.09. The maximum absolute atomic E-state index is 14.0. The zero-order valence-corrected chi connectivity index (χ0v) is 9.47. The molecule has 0 radical (unpaired) electrons. The molecule has 0 heterocycles. The first kappa shape index (κ1) is 12.0. The third kappa shape index (κ3) is 2.91. The van der Waals surface area contributed by atoms with E-state index in [0.29, 0.717) is 5.56 Å². The molecule has 4 heteroatoms. The van der Waals surface area contributed by atoms with E-state index >= 15 is 0 Å². The SMILES string of the molecule is CCSc1ccccc1C(C)(F)N=C=O. The lowest BCUT2D eigenvalue weighted by Crippen LogP contribution is -2.12. The summed E-state index contributed by atoms with van der Waals surface area (Å²) >= 11 is 1.52. The third-order valence-corrected chi connectivity index (χ3v) is 2.89. The molecule has 0 aromatic heterocycles. The second kappa shape index (κ2) is 5.10. The molecular formula is C11H12FNOS. The van der Waals surface area contributed by atoms with Gasteiger partial charge in [0.2, 0.25) is 11.9 Å². The number of isocyanates is 1. The molecule has 0 bridgehead atoms. The van der Waals surface area contributed by atoms with Crippen LogP contribution in [0.3, 0.4) is 0 Å². The monoisotopic (exact) mass is 225 g/mol. The number of hydrogen-bond acceptors (Lipinski definition) is 3. The molecule has 0 aliphatic heterocycles. The van der Waals surface area contributed by atoms with Gasteiger partial charge in [0.05, 0.1) is 0 Å². The minimum absolute atomic E-state index is 0.417. The first-order valence-electron chi connectivity index (χ1n) is 4.62. The molecule has 0 N–H and O–H groups in total.